The van der Waals surface area contributed by atoms with Crippen molar-refractivity contribution in [2.75, 3.05) is 18.8 Å². The van der Waals surface area contributed by atoms with E-state index in [1.54, 1.807) is 29.5 Å². The zero-order valence-electron chi connectivity index (χ0n) is 18.1. The predicted molar refractivity (Wildman–Crippen MR) is 128 cm³/mol. The van der Waals surface area contributed by atoms with Gasteiger partial charge < -0.3 is 4.90 Å². The molecule has 0 bridgehead atoms. The van der Waals surface area contributed by atoms with Gasteiger partial charge in [-0.2, -0.15) is 0 Å². The van der Waals surface area contributed by atoms with E-state index >= 15 is 0 Å². The second-order valence-electron chi connectivity index (χ2n) is 8.75. The Labute approximate surface area is 194 Å². The first-order chi connectivity index (χ1) is 15.5. The Morgan fingerprint density at radius 1 is 1.25 bits per heavy atom. The van der Waals surface area contributed by atoms with Crippen LogP contribution in [0.25, 0.3) is 15.9 Å². The van der Waals surface area contributed by atoms with E-state index in [1.165, 1.54) is 27.3 Å². The summed E-state index contributed by atoms with van der Waals surface area (Å²) in [6.07, 6.45) is 6.05. The number of benzene rings is 1. The summed E-state index contributed by atoms with van der Waals surface area (Å²) in [5, 5.41) is 0.997. The van der Waals surface area contributed by atoms with Crippen LogP contribution >= 0.6 is 23.1 Å². The molecule has 0 radical (unpaired) electrons. The number of fused-ring (bicyclic) bond motifs is 3. The van der Waals surface area contributed by atoms with Crippen LogP contribution < -0.4 is 5.56 Å². The largest absolute Gasteiger partial charge is 0.342 e. The Kier molecular flexibility index (Phi) is 6.07. The summed E-state index contributed by atoms with van der Waals surface area (Å²) in [7, 11) is 0. The van der Waals surface area contributed by atoms with Crippen LogP contribution in [0, 0.1) is 11.7 Å². The van der Waals surface area contributed by atoms with Crippen molar-refractivity contribution in [2.45, 2.75) is 50.6 Å². The number of thioether (sulfide) groups is 1. The van der Waals surface area contributed by atoms with E-state index in [1.807, 2.05) is 4.90 Å². The molecule has 32 heavy (non-hydrogen) atoms. The summed E-state index contributed by atoms with van der Waals surface area (Å²) >= 11 is 2.80. The van der Waals surface area contributed by atoms with Crippen molar-refractivity contribution in [3.63, 3.8) is 0 Å². The highest BCUT2D eigenvalue weighted by atomic mass is 32.2. The maximum atomic E-state index is 14.8. The van der Waals surface area contributed by atoms with E-state index in [4.69, 9.17) is 4.98 Å². The second kappa shape index (κ2) is 8.98. The lowest BCUT2D eigenvalue weighted by Crippen LogP contribution is -2.37. The van der Waals surface area contributed by atoms with Crippen LogP contribution in [0.4, 0.5) is 4.39 Å². The van der Waals surface area contributed by atoms with Gasteiger partial charge >= 0.3 is 0 Å². The fourth-order valence-corrected chi connectivity index (χ4v) is 7.01. The van der Waals surface area contributed by atoms with E-state index in [-0.39, 0.29) is 22.9 Å². The first-order valence-electron chi connectivity index (χ1n) is 11.3. The number of carbonyl (C=O) groups is 1. The Bertz CT molecular complexity index is 1230. The maximum Gasteiger partial charge on any atom is 0.267 e. The Morgan fingerprint density at radius 3 is 2.81 bits per heavy atom. The third-order valence-corrected chi connectivity index (χ3v) is 8.50. The molecule has 3 heterocycles. The standard InChI is InChI=1S/C24H26FN3O2S2/c1-15-9-10-16-19(13-15)32-22-21(16)23(30)28(18-8-4-3-7-17(18)25)24(26-22)31-14-20(29)27-11-5-2-6-12-27/h3-4,7-8,15H,2,5-6,9-14H2,1H3. The second-order valence-corrected chi connectivity index (χ2v) is 10.8. The molecule has 5 nitrogen and oxygen atoms in total. The lowest BCUT2D eigenvalue weighted by Gasteiger charge is -2.26. The third kappa shape index (κ3) is 3.99. The minimum atomic E-state index is -0.474. The van der Waals surface area contributed by atoms with Crippen molar-refractivity contribution >= 4 is 39.2 Å². The zero-order valence-corrected chi connectivity index (χ0v) is 19.7. The van der Waals surface area contributed by atoms with E-state index in [0.29, 0.717) is 21.3 Å². The summed E-state index contributed by atoms with van der Waals surface area (Å²) < 4.78 is 16.1. The van der Waals surface area contributed by atoms with Crippen molar-refractivity contribution in [1.82, 2.24) is 14.5 Å². The number of piperidine rings is 1. The topological polar surface area (TPSA) is 55.2 Å². The summed E-state index contributed by atoms with van der Waals surface area (Å²) in [6.45, 7) is 3.79. The normalized spacial score (nSPS) is 18.7. The number of hydrogen-bond acceptors (Lipinski definition) is 5. The van der Waals surface area contributed by atoms with Crippen molar-refractivity contribution < 1.29 is 9.18 Å². The molecule has 1 amide bonds. The average Bonchev–Trinajstić information content (AvgIpc) is 3.16. The van der Waals surface area contributed by atoms with Gasteiger partial charge in [-0.05, 0) is 62.1 Å². The maximum absolute atomic E-state index is 14.8. The van der Waals surface area contributed by atoms with Crippen molar-refractivity contribution in [2.24, 2.45) is 5.92 Å². The molecule has 5 rings (SSSR count). The molecular weight excluding hydrogens is 445 g/mol. The molecule has 1 aliphatic carbocycles. The Balaban J connectivity index is 1.59. The number of halogens is 1. The number of likely N-dealkylation sites (tertiary alicyclic amines) is 1. The van der Waals surface area contributed by atoms with Crippen LogP contribution in [0.1, 0.15) is 43.0 Å². The lowest BCUT2D eigenvalue weighted by atomic mass is 9.89. The fourth-order valence-electron chi connectivity index (χ4n) is 4.67. The molecule has 0 saturated carbocycles. The fraction of sp³-hybridized carbons (Fsp3) is 0.458. The molecule has 168 valence electrons. The van der Waals surface area contributed by atoms with E-state index in [9.17, 15) is 14.0 Å². The molecule has 1 aromatic carbocycles. The number of rotatable bonds is 4. The number of carbonyl (C=O) groups excluding carboxylic acids is 1. The first-order valence-corrected chi connectivity index (χ1v) is 13.1. The smallest absolute Gasteiger partial charge is 0.267 e. The monoisotopic (exact) mass is 471 g/mol. The van der Waals surface area contributed by atoms with E-state index in [0.717, 1.165) is 57.2 Å². The predicted octanol–water partition coefficient (Wildman–Crippen LogP) is 4.82. The van der Waals surface area contributed by atoms with Crippen LogP contribution in [-0.2, 0) is 17.6 Å². The van der Waals surface area contributed by atoms with Gasteiger partial charge in [0.2, 0.25) is 5.91 Å². The van der Waals surface area contributed by atoms with Gasteiger partial charge in [0.15, 0.2) is 5.16 Å². The van der Waals surface area contributed by atoms with Gasteiger partial charge in [-0.25, -0.2) is 9.37 Å². The number of aromatic nitrogens is 2. The SMILES string of the molecule is CC1CCc2c(sc3nc(SCC(=O)N4CCCCC4)n(-c4ccccc4F)c(=O)c23)C1. The van der Waals surface area contributed by atoms with Crippen LogP contribution in [0.15, 0.2) is 34.2 Å². The van der Waals surface area contributed by atoms with Gasteiger partial charge in [0.05, 0.1) is 16.8 Å². The summed E-state index contributed by atoms with van der Waals surface area (Å²) in [4.78, 5) is 35.1. The van der Waals surface area contributed by atoms with Gasteiger partial charge in [0.1, 0.15) is 10.6 Å². The number of thiophene rings is 1. The van der Waals surface area contributed by atoms with Crippen molar-refractivity contribution in [3.8, 4) is 5.69 Å². The van der Waals surface area contributed by atoms with Gasteiger partial charge in [-0.15, -0.1) is 11.3 Å². The first kappa shape index (κ1) is 21.6. The molecule has 3 aromatic rings. The van der Waals surface area contributed by atoms with Crippen LogP contribution in [0.2, 0.25) is 0 Å². The Hall–Kier alpha value is -2.19. The van der Waals surface area contributed by atoms with Crippen LogP contribution in [0.3, 0.4) is 0 Å². The molecule has 0 N–H and O–H groups in total. The number of hydrogen-bond donors (Lipinski definition) is 0. The quantitative estimate of drug-likeness (QED) is 0.405. The molecular formula is C24H26FN3O2S2. The molecule has 1 saturated heterocycles. The number of aryl methyl sites for hydroxylation is 1. The molecule has 2 aliphatic rings. The molecule has 0 spiro atoms. The third-order valence-electron chi connectivity index (χ3n) is 6.43. The summed E-state index contributed by atoms with van der Waals surface area (Å²) in [5.41, 5.74) is 1.02. The molecule has 1 atom stereocenters. The lowest BCUT2D eigenvalue weighted by molar-refractivity contribution is -0.129. The van der Waals surface area contributed by atoms with E-state index in [2.05, 4.69) is 6.92 Å². The average molecular weight is 472 g/mol. The number of nitrogens with zero attached hydrogens (tertiary/aromatic N) is 3. The Morgan fingerprint density at radius 2 is 2.03 bits per heavy atom. The zero-order chi connectivity index (χ0) is 22.2. The van der Waals surface area contributed by atoms with Gasteiger partial charge in [-0.1, -0.05) is 30.8 Å². The highest BCUT2D eigenvalue weighted by Crippen LogP contribution is 2.37. The number of para-hydroxylation sites is 1. The van der Waals surface area contributed by atoms with Crippen molar-refractivity contribution in [3.05, 3.63) is 50.9 Å². The minimum absolute atomic E-state index is 0.0448. The van der Waals surface area contributed by atoms with Gasteiger partial charge in [0, 0.05) is 18.0 Å². The van der Waals surface area contributed by atoms with E-state index < -0.39 is 5.82 Å². The summed E-state index contributed by atoms with van der Waals surface area (Å²) in [5.74, 6) is 0.343. The van der Waals surface area contributed by atoms with Crippen molar-refractivity contribution in [1.29, 1.82) is 0 Å². The number of amides is 1. The summed E-state index contributed by atoms with van der Waals surface area (Å²) in [6, 6.07) is 6.27. The van der Waals surface area contributed by atoms with Crippen LogP contribution in [0.5, 0.6) is 0 Å². The molecule has 1 aliphatic heterocycles. The molecule has 8 heteroatoms. The van der Waals surface area contributed by atoms with Gasteiger partial charge in [-0.3, -0.25) is 14.2 Å². The highest BCUT2D eigenvalue weighted by Gasteiger charge is 2.26. The molecule has 2 aromatic heterocycles. The molecule has 1 unspecified atom stereocenters. The molecule has 1 fully saturated rings. The van der Waals surface area contributed by atoms with Gasteiger partial charge in [0.25, 0.3) is 5.56 Å². The minimum Gasteiger partial charge on any atom is -0.342 e. The highest BCUT2D eigenvalue weighted by molar-refractivity contribution is 7.99. The van der Waals surface area contributed by atoms with Crippen LogP contribution in [-0.4, -0.2) is 39.2 Å².